The third-order valence-electron chi connectivity index (χ3n) is 3.74. The van der Waals surface area contributed by atoms with E-state index in [-0.39, 0.29) is 10.8 Å². The lowest BCUT2D eigenvalue weighted by Crippen LogP contribution is -2.13. The van der Waals surface area contributed by atoms with Crippen LogP contribution in [-0.2, 0) is 6.54 Å². The first-order chi connectivity index (χ1) is 12.0. The summed E-state index contributed by atoms with van der Waals surface area (Å²) >= 11 is 2.88. The van der Waals surface area contributed by atoms with Crippen LogP contribution >= 0.6 is 23.1 Å². The number of amides is 1. The summed E-state index contributed by atoms with van der Waals surface area (Å²) in [6.45, 7) is 6.80. The summed E-state index contributed by atoms with van der Waals surface area (Å²) in [6, 6.07) is 13.2. The monoisotopic (exact) mass is 372 g/mol. The summed E-state index contributed by atoms with van der Waals surface area (Å²) in [5.74, 6) is -0.134. The van der Waals surface area contributed by atoms with Crippen molar-refractivity contribution < 1.29 is 4.79 Å². The van der Waals surface area contributed by atoms with Crippen LogP contribution in [0.2, 0.25) is 0 Å². The maximum Gasteiger partial charge on any atom is 0.308 e. The van der Waals surface area contributed by atoms with E-state index >= 15 is 0 Å². The molecule has 0 saturated heterocycles. The number of aryl methyl sites for hydroxylation is 1. The fourth-order valence-corrected chi connectivity index (χ4v) is 4.60. The summed E-state index contributed by atoms with van der Waals surface area (Å²) in [4.78, 5) is 25.7. The molecular weight excluding hydrogens is 352 g/mol. The zero-order valence-electron chi connectivity index (χ0n) is 14.4. The average Bonchev–Trinajstić information content (AvgIpc) is 2.88. The molecule has 130 valence electrons. The molecule has 1 N–H and O–H groups in total. The van der Waals surface area contributed by atoms with Crippen molar-refractivity contribution in [2.24, 2.45) is 0 Å². The topological polar surface area (TPSA) is 51.1 Å². The lowest BCUT2D eigenvalue weighted by Gasteiger charge is -2.11. The van der Waals surface area contributed by atoms with E-state index in [9.17, 15) is 9.59 Å². The summed E-state index contributed by atoms with van der Waals surface area (Å²) < 4.78 is 2.62. The standard InChI is InChI=1S/C19H20N2O2S2/c1-4-21-15-10-9-13(11-17(15)25-19(21)23)20-18(22)14-7-5-6-8-16(14)24-12(2)3/h5-12H,4H2,1-3H3,(H,20,22). The van der Waals surface area contributed by atoms with Crippen molar-refractivity contribution in [3.05, 3.63) is 57.7 Å². The Morgan fingerprint density at radius 1 is 1.24 bits per heavy atom. The number of carbonyl (C=O) groups excluding carboxylic acids is 1. The van der Waals surface area contributed by atoms with Gasteiger partial charge in [-0.2, -0.15) is 0 Å². The number of carbonyl (C=O) groups is 1. The quantitative estimate of drug-likeness (QED) is 0.652. The van der Waals surface area contributed by atoms with Gasteiger partial charge in [-0.1, -0.05) is 37.3 Å². The fourth-order valence-electron chi connectivity index (χ4n) is 2.65. The van der Waals surface area contributed by atoms with Crippen LogP contribution in [0, 0.1) is 0 Å². The number of hydrogen-bond acceptors (Lipinski definition) is 4. The van der Waals surface area contributed by atoms with Crippen molar-refractivity contribution in [3.8, 4) is 0 Å². The number of thiazole rings is 1. The number of aromatic nitrogens is 1. The molecule has 0 aliphatic heterocycles. The molecule has 6 heteroatoms. The van der Waals surface area contributed by atoms with Gasteiger partial charge in [-0.05, 0) is 37.3 Å². The smallest absolute Gasteiger partial charge is 0.308 e. The number of rotatable bonds is 5. The van der Waals surface area contributed by atoms with Crippen LogP contribution in [0.5, 0.6) is 0 Å². The van der Waals surface area contributed by atoms with Crippen LogP contribution in [0.25, 0.3) is 10.2 Å². The molecule has 0 spiro atoms. The Kier molecular flexibility index (Phi) is 5.30. The minimum atomic E-state index is -0.134. The van der Waals surface area contributed by atoms with E-state index in [2.05, 4.69) is 19.2 Å². The second-order valence-electron chi connectivity index (χ2n) is 5.91. The minimum Gasteiger partial charge on any atom is -0.322 e. The lowest BCUT2D eigenvalue weighted by atomic mass is 10.2. The number of thioether (sulfide) groups is 1. The molecule has 2 aromatic carbocycles. The molecule has 0 radical (unpaired) electrons. The van der Waals surface area contributed by atoms with E-state index in [1.807, 2.05) is 49.4 Å². The van der Waals surface area contributed by atoms with Crippen molar-refractivity contribution in [3.63, 3.8) is 0 Å². The fraction of sp³-hybridized carbons (Fsp3) is 0.263. The highest BCUT2D eigenvalue weighted by molar-refractivity contribution is 8.00. The Hall–Kier alpha value is -2.05. The van der Waals surface area contributed by atoms with Gasteiger partial charge in [-0.25, -0.2) is 0 Å². The van der Waals surface area contributed by atoms with Gasteiger partial charge in [0.1, 0.15) is 0 Å². The number of anilines is 1. The maximum atomic E-state index is 12.7. The largest absolute Gasteiger partial charge is 0.322 e. The summed E-state index contributed by atoms with van der Waals surface area (Å²) in [6.07, 6.45) is 0. The summed E-state index contributed by atoms with van der Waals surface area (Å²) in [5.41, 5.74) is 2.28. The van der Waals surface area contributed by atoms with E-state index in [0.717, 1.165) is 15.1 Å². The van der Waals surface area contributed by atoms with Gasteiger partial charge in [0.05, 0.1) is 15.8 Å². The molecular formula is C19H20N2O2S2. The summed E-state index contributed by atoms with van der Waals surface area (Å²) in [7, 11) is 0. The van der Waals surface area contributed by atoms with Crippen molar-refractivity contribution in [2.75, 3.05) is 5.32 Å². The van der Waals surface area contributed by atoms with Gasteiger partial charge in [0, 0.05) is 22.4 Å². The number of hydrogen-bond donors (Lipinski definition) is 1. The highest BCUT2D eigenvalue weighted by atomic mass is 32.2. The predicted molar refractivity (Wildman–Crippen MR) is 107 cm³/mol. The van der Waals surface area contributed by atoms with Crippen LogP contribution in [0.3, 0.4) is 0 Å². The van der Waals surface area contributed by atoms with Crippen LogP contribution in [-0.4, -0.2) is 15.7 Å². The number of benzene rings is 2. The Morgan fingerprint density at radius 2 is 2.00 bits per heavy atom. The Morgan fingerprint density at radius 3 is 2.72 bits per heavy atom. The van der Waals surface area contributed by atoms with E-state index in [0.29, 0.717) is 23.0 Å². The first-order valence-corrected chi connectivity index (χ1v) is 9.89. The van der Waals surface area contributed by atoms with Crippen molar-refractivity contribution in [2.45, 2.75) is 37.5 Å². The van der Waals surface area contributed by atoms with Gasteiger partial charge in [-0.15, -0.1) is 11.8 Å². The van der Waals surface area contributed by atoms with E-state index in [1.54, 1.807) is 16.3 Å². The molecule has 3 aromatic rings. The number of fused-ring (bicyclic) bond motifs is 1. The first-order valence-electron chi connectivity index (χ1n) is 8.20. The van der Waals surface area contributed by atoms with Crippen LogP contribution < -0.4 is 10.2 Å². The second-order valence-corrected chi connectivity index (χ2v) is 8.52. The minimum absolute atomic E-state index is 0.0275. The molecule has 0 bridgehead atoms. The molecule has 3 rings (SSSR count). The van der Waals surface area contributed by atoms with E-state index in [1.165, 1.54) is 11.3 Å². The Bertz CT molecular complexity index is 973. The molecule has 1 aromatic heterocycles. The SMILES string of the molecule is CCn1c(=O)sc2cc(NC(=O)c3ccccc3SC(C)C)ccc21. The summed E-state index contributed by atoms with van der Waals surface area (Å²) in [5, 5.41) is 3.35. The van der Waals surface area contributed by atoms with Crippen LogP contribution in [0.15, 0.2) is 52.2 Å². The average molecular weight is 373 g/mol. The first kappa shape index (κ1) is 17.8. The van der Waals surface area contributed by atoms with Gasteiger partial charge in [0.15, 0.2) is 0 Å². The van der Waals surface area contributed by atoms with E-state index in [4.69, 9.17) is 0 Å². The molecule has 0 unspecified atom stereocenters. The van der Waals surface area contributed by atoms with Gasteiger partial charge in [0.25, 0.3) is 5.91 Å². The highest BCUT2D eigenvalue weighted by Gasteiger charge is 2.14. The molecule has 0 aliphatic rings. The molecule has 1 amide bonds. The highest BCUT2D eigenvalue weighted by Crippen LogP contribution is 2.28. The molecule has 0 atom stereocenters. The maximum absolute atomic E-state index is 12.7. The molecule has 4 nitrogen and oxygen atoms in total. The van der Waals surface area contributed by atoms with Crippen molar-refractivity contribution in [1.29, 1.82) is 0 Å². The lowest BCUT2D eigenvalue weighted by molar-refractivity contribution is 0.102. The van der Waals surface area contributed by atoms with Crippen LogP contribution in [0.1, 0.15) is 31.1 Å². The zero-order valence-corrected chi connectivity index (χ0v) is 16.0. The Balaban J connectivity index is 1.89. The van der Waals surface area contributed by atoms with Gasteiger partial charge in [0.2, 0.25) is 0 Å². The predicted octanol–water partition coefficient (Wildman–Crippen LogP) is 4.84. The molecule has 0 saturated carbocycles. The van der Waals surface area contributed by atoms with Gasteiger partial charge >= 0.3 is 4.87 Å². The molecule has 0 aliphatic carbocycles. The molecule has 0 fully saturated rings. The third-order valence-corrected chi connectivity index (χ3v) is 5.76. The third kappa shape index (κ3) is 3.80. The van der Waals surface area contributed by atoms with Crippen molar-refractivity contribution in [1.82, 2.24) is 4.57 Å². The zero-order chi connectivity index (χ0) is 18.0. The van der Waals surface area contributed by atoms with Crippen molar-refractivity contribution >= 4 is 44.9 Å². The molecule has 25 heavy (non-hydrogen) atoms. The normalized spacial score (nSPS) is 11.2. The van der Waals surface area contributed by atoms with Gasteiger partial charge < -0.3 is 5.32 Å². The Labute approximate surface area is 154 Å². The van der Waals surface area contributed by atoms with Gasteiger partial charge in [-0.3, -0.25) is 14.2 Å². The second kappa shape index (κ2) is 7.45. The van der Waals surface area contributed by atoms with Crippen LogP contribution in [0.4, 0.5) is 5.69 Å². The number of nitrogens with one attached hydrogen (secondary N) is 1. The molecule has 1 heterocycles. The van der Waals surface area contributed by atoms with E-state index < -0.39 is 0 Å². The number of nitrogens with zero attached hydrogens (tertiary/aromatic N) is 1.